The molecule has 1 heterocycles. The van der Waals surface area contributed by atoms with Crippen molar-refractivity contribution in [1.82, 2.24) is 10.2 Å². The Morgan fingerprint density at radius 2 is 2.06 bits per heavy atom. The monoisotopic (exact) mass is 258 g/mol. The van der Waals surface area contributed by atoms with Crippen molar-refractivity contribution < 1.29 is 14.0 Å². The SMILES string of the molecule is CCC1(C)C(=O)NC(CC(C)C)C(=O)N1CCF. The van der Waals surface area contributed by atoms with Gasteiger partial charge < -0.3 is 10.2 Å². The van der Waals surface area contributed by atoms with E-state index in [4.69, 9.17) is 0 Å². The second-order valence-electron chi connectivity index (χ2n) is 5.46. The maximum atomic E-state index is 12.6. The molecule has 2 unspecified atom stereocenters. The first-order chi connectivity index (χ1) is 8.36. The summed E-state index contributed by atoms with van der Waals surface area (Å²) in [6.45, 7) is 6.88. The lowest BCUT2D eigenvalue weighted by Gasteiger charge is -2.46. The zero-order valence-electron chi connectivity index (χ0n) is 11.6. The van der Waals surface area contributed by atoms with Gasteiger partial charge in [0.25, 0.3) is 0 Å². The summed E-state index contributed by atoms with van der Waals surface area (Å²) in [4.78, 5) is 25.9. The second kappa shape index (κ2) is 5.67. The fourth-order valence-corrected chi connectivity index (χ4v) is 2.35. The van der Waals surface area contributed by atoms with Crippen molar-refractivity contribution in [3.05, 3.63) is 0 Å². The highest BCUT2D eigenvalue weighted by molar-refractivity contribution is 5.99. The molecule has 0 saturated carbocycles. The van der Waals surface area contributed by atoms with Gasteiger partial charge in [-0.1, -0.05) is 20.8 Å². The minimum absolute atomic E-state index is 0.00874. The van der Waals surface area contributed by atoms with Crippen LogP contribution in [0, 0.1) is 5.92 Å². The predicted molar refractivity (Wildman–Crippen MR) is 67.8 cm³/mol. The Balaban J connectivity index is 2.97. The number of rotatable bonds is 5. The van der Waals surface area contributed by atoms with Crippen molar-refractivity contribution in [2.45, 2.75) is 52.1 Å². The Morgan fingerprint density at radius 1 is 1.44 bits per heavy atom. The molecular formula is C13H23FN2O2. The molecule has 0 aliphatic carbocycles. The third-order valence-electron chi connectivity index (χ3n) is 3.66. The highest BCUT2D eigenvalue weighted by Gasteiger charge is 2.47. The van der Waals surface area contributed by atoms with Crippen molar-refractivity contribution in [3.8, 4) is 0 Å². The molecule has 18 heavy (non-hydrogen) atoms. The third-order valence-corrected chi connectivity index (χ3v) is 3.66. The average molecular weight is 258 g/mol. The van der Waals surface area contributed by atoms with Crippen molar-refractivity contribution in [1.29, 1.82) is 0 Å². The maximum Gasteiger partial charge on any atom is 0.246 e. The quantitative estimate of drug-likeness (QED) is 0.812. The van der Waals surface area contributed by atoms with Crippen LogP contribution in [0.15, 0.2) is 0 Å². The topological polar surface area (TPSA) is 49.4 Å². The van der Waals surface area contributed by atoms with Crippen LogP contribution in [0.25, 0.3) is 0 Å². The van der Waals surface area contributed by atoms with Gasteiger partial charge in [-0.05, 0) is 25.7 Å². The molecule has 1 aliphatic rings. The Hall–Kier alpha value is -1.13. The lowest BCUT2D eigenvalue weighted by atomic mass is 9.88. The van der Waals surface area contributed by atoms with Gasteiger partial charge in [-0.25, -0.2) is 4.39 Å². The molecule has 0 aromatic rings. The average Bonchev–Trinajstić information content (AvgIpc) is 2.31. The number of hydrogen-bond acceptors (Lipinski definition) is 2. The largest absolute Gasteiger partial charge is 0.342 e. The first-order valence-corrected chi connectivity index (χ1v) is 6.55. The van der Waals surface area contributed by atoms with Gasteiger partial charge in [-0.2, -0.15) is 0 Å². The molecule has 0 aromatic carbocycles. The molecule has 2 amide bonds. The molecule has 0 bridgehead atoms. The van der Waals surface area contributed by atoms with Gasteiger partial charge in [0.05, 0.1) is 6.54 Å². The highest BCUT2D eigenvalue weighted by Crippen LogP contribution is 2.26. The van der Waals surface area contributed by atoms with Gasteiger partial charge >= 0.3 is 0 Å². The number of alkyl halides is 1. The van der Waals surface area contributed by atoms with E-state index in [-0.39, 0.29) is 18.4 Å². The molecule has 1 aliphatic heterocycles. The summed E-state index contributed by atoms with van der Waals surface area (Å²) >= 11 is 0. The van der Waals surface area contributed by atoms with Gasteiger partial charge in [-0.15, -0.1) is 0 Å². The minimum atomic E-state index is -0.920. The molecule has 1 rings (SSSR count). The summed E-state index contributed by atoms with van der Waals surface area (Å²) < 4.78 is 12.6. The molecular weight excluding hydrogens is 235 g/mol. The van der Waals surface area contributed by atoms with Crippen LogP contribution in [0.4, 0.5) is 4.39 Å². The van der Waals surface area contributed by atoms with E-state index in [2.05, 4.69) is 5.32 Å². The second-order valence-corrected chi connectivity index (χ2v) is 5.46. The number of hydrogen-bond donors (Lipinski definition) is 1. The van der Waals surface area contributed by atoms with E-state index < -0.39 is 18.3 Å². The Bertz CT molecular complexity index is 333. The summed E-state index contributed by atoms with van der Waals surface area (Å²) in [6.07, 6.45) is 1.08. The van der Waals surface area contributed by atoms with E-state index in [1.165, 1.54) is 4.90 Å². The van der Waals surface area contributed by atoms with Crippen LogP contribution in [-0.2, 0) is 9.59 Å². The van der Waals surface area contributed by atoms with Crippen LogP contribution in [-0.4, -0.2) is 41.5 Å². The van der Waals surface area contributed by atoms with Crippen molar-refractivity contribution in [2.24, 2.45) is 5.92 Å². The smallest absolute Gasteiger partial charge is 0.246 e. The molecule has 4 nitrogen and oxygen atoms in total. The van der Waals surface area contributed by atoms with Gasteiger partial charge in [0.15, 0.2) is 0 Å². The van der Waals surface area contributed by atoms with Crippen LogP contribution < -0.4 is 5.32 Å². The van der Waals surface area contributed by atoms with Crippen LogP contribution in [0.5, 0.6) is 0 Å². The molecule has 0 spiro atoms. The third kappa shape index (κ3) is 2.65. The molecule has 1 saturated heterocycles. The summed E-state index contributed by atoms with van der Waals surface area (Å²) in [6, 6.07) is -0.510. The van der Waals surface area contributed by atoms with Crippen LogP contribution in [0.2, 0.25) is 0 Å². The number of piperazine rings is 1. The predicted octanol–water partition coefficient (Wildman–Crippen LogP) is 1.50. The maximum absolute atomic E-state index is 12.6. The zero-order valence-corrected chi connectivity index (χ0v) is 11.6. The highest BCUT2D eigenvalue weighted by atomic mass is 19.1. The van der Waals surface area contributed by atoms with Gasteiger partial charge in [0, 0.05) is 0 Å². The normalized spacial score (nSPS) is 28.8. The molecule has 104 valence electrons. The Labute approximate surface area is 108 Å². The molecule has 1 fully saturated rings. The van der Waals surface area contributed by atoms with Crippen molar-refractivity contribution in [3.63, 3.8) is 0 Å². The number of nitrogens with zero attached hydrogens (tertiary/aromatic N) is 1. The Morgan fingerprint density at radius 3 is 2.50 bits per heavy atom. The van der Waals surface area contributed by atoms with E-state index in [1.807, 2.05) is 20.8 Å². The van der Waals surface area contributed by atoms with Gasteiger partial charge in [0.1, 0.15) is 18.3 Å². The van der Waals surface area contributed by atoms with Crippen LogP contribution in [0.3, 0.4) is 0 Å². The first kappa shape index (κ1) is 14.9. The molecule has 0 aromatic heterocycles. The lowest BCUT2D eigenvalue weighted by Crippen LogP contribution is -2.69. The van der Waals surface area contributed by atoms with E-state index >= 15 is 0 Å². The summed E-state index contributed by atoms with van der Waals surface area (Å²) in [5.41, 5.74) is -0.920. The number of carbonyl (C=O) groups excluding carboxylic acids is 2. The number of carbonyl (C=O) groups is 2. The van der Waals surface area contributed by atoms with E-state index in [1.54, 1.807) is 6.92 Å². The van der Waals surface area contributed by atoms with Crippen molar-refractivity contribution >= 4 is 11.8 Å². The fourth-order valence-electron chi connectivity index (χ4n) is 2.35. The number of halogens is 1. The lowest BCUT2D eigenvalue weighted by molar-refractivity contribution is -0.157. The van der Waals surface area contributed by atoms with E-state index in [0.29, 0.717) is 18.8 Å². The summed E-state index contributed by atoms with van der Waals surface area (Å²) in [5, 5.41) is 2.77. The van der Waals surface area contributed by atoms with Gasteiger partial charge in [-0.3, -0.25) is 9.59 Å². The molecule has 5 heteroatoms. The number of nitrogens with one attached hydrogen (secondary N) is 1. The summed E-state index contributed by atoms with van der Waals surface area (Å²) in [5.74, 6) is -0.0357. The van der Waals surface area contributed by atoms with Crippen LogP contribution in [0.1, 0.15) is 40.5 Å². The Kier molecular flexibility index (Phi) is 4.71. The van der Waals surface area contributed by atoms with Gasteiger partial charge in [0.2, 0.25) is 11.8 Å². The zero-order chi connectivity index (χ0) is 13.9. The first-order valence-electron chi connectivity index (χ1n) is 6.55. The van der Waals surface area contributed by atoms with E-state index in [9.17, 15) is 14.0 Å². The van der Waals surface area contributed by atoms with Crippen LogP contribution >= 0.6 is 0 Å². The molecule has 1 N–H and O–H groups in total. The summed E-state index contributed by atoms with van der Waals surface area (Å²) in [7, 11) is 0. The fraction of sp³-hybridized carbons (Fsp3) is 0.846. The van der Waals surface area contributed by atoms with Crippen molar-refractivity contribution in [2.75, 3.05) is 13.2 Å². The standard InChI is InChI=1S/C13H23FN2O2/c1-5-13(4)12(18)15-10(8-9(2)3)11(17)16(13)7-6-14/h9-10H,5-8H2,1-4H3,(H,15,18). The molecule has 0 radical (unpaired) electrons. The number of amides is 2. The van der Waals surface area contributed by atoms with E-state index in [0.717, 1.165) is 0 Å². The molecule has 2 atom stereocenters. The minimum Gasteiger partial charge on any atom is -0.342 e.